The van der Waals surface area contributed by atoms with Crippen molar-refractivity contribution >= 4 is 17.8 Å². The van der Waals surface area contributed by atoms with Gasteiger partial charge in [0.15, 0.2) is 5.69 Å². The Morgan fingerprint density at radius 1 is 1.33 bits per heavy atom. The van der Waals surface area contributed by atoms with E-state index in [0.29, 0.717) is 13.1 Å². The van der Waals surface area contributed by atoms with Crippen molar-refractivity contribution in [3.63, 3.8) is 0 Å². The maximum Gasteiger partial charge on any atom is 0.325 e. The van der Waals surface area contributed by atoms with Gasteiger partial charge < -0.3 is 15.3 Å². The van der Waals surface area contributed by atoms with Crippen LogP contribution in [0.15, 0.2) is 6.20 Å². The summed E-state index contributed by atoms with van der Waals surface area (Å²) in [5.74, 6) is -1.59. The fourth-order valence-corrected chi connectivity index (χ4v) is 1.73. The highest BCUT2D eigenvalue weighted by atomic mass is 16.4. The van der Waals surface area contributed by atoms with E-state index < -0.39 is 11.9 Å². The summed E-state index contributed by atoms with van der Waals surface area (Å²) in [5.41, 5.74) is 0.0199. The monoisotopic (exact) mass is 297 g/mol. The zero-order chi connectivity index (χ0) is 15.8. The summed E-state index contributed by atoms with van der Waals surface area (Å²) < 4.78 is 1.05. The molecule has 0 aliphatic carbocycles. The van der Waals surface area contributed by atoms with Crippen LogP contribution < -0.4 is 5.32 Å². The Kier molecular flexibility index (Phi) is 6.31. The SMILES string of the molecule is CCN(CC)C(=O)CCNC(=O)c1cn(CC(=O)O)nn1. The van der Waals surface area contributed by atoms with Crippen LogP contribution >= 0.6 is 0 Å². The molecular weight excluding hydrogens is 278 g/mol. The molecule has 0 bridgehead atoms. The zero-order valence-electron chi connectivity index (χ0n) is 12.1. The van der Waals surface area contributed by atoms with E-state index in [1.165, 1.54) is 6.20 Å². The van der Waals surface area contributed by atoms with Crippen molar-refractivity contribution in [2.24, 2.45) is 0 Å². The van der Waals surface area contributed by atoms with E-state index in [1.807, 2.05) is 13.8 Å². The summed E-state index contributed by atoms with van der Waals surface area (Å²) in [5, 5.41) is 18.2. The lowest BCUT2D eigenvalue weighted by molar-refractivity contribution is -0.138. The van der Waals surface area contributed by atoms with E-state index in [2.05, 4.69) is 15.6 Å². The third-order valence-electron chi connectivity index (χ3n) is 2.81. The van der Waals surface area contributed by atoms with Gasteiger partial charge in [0.2, 0.25) is 5.91 Å². The second-order valence-corrected chi connectivity index (χ2v) is 4.27. The van der Waals surface area contributed by atoms with Crippen molar-refractivity contribution in [3.05, 3.63) is 11.9 Å². The molecule has 0 radical (unpaired) electrons. The number of hydrogen-bond acceptors (Lipinski definition) is 5. The highest BCUT2D eigenvalue weighted by Gasteiger charge is 2.13. The Morgan fingerprint density at radius 3 is 2.57 bits per heavy atom. The number of nitrogens with one attached hydrogen (secondary N) is 1. The van der Waals surface area contributed by atoms with Gasteiger partial charge in [-0.2, -0.15) is 0 Å². The second-order valence-electron chi connectivity index (χ2n) is 4.27. The molecule has 1 aromatic heterocycles. The molecule has 0 aromatic carbocycles. The number of hydrogen-bond donors (Lipinski definition) is 2. The van der Waals surface area contributed by atoms with Crippen molar-refractivity contribution in [1.82, 2.24) is 25.2 Å². The predicted octanol–water partition coefficient (Wildman–Crippen LogP) is -0.649. The number of aliphatic carboxylic acids is 1. The minimum absolute atomic E-state index is 0.0199. The van der Waals surface area contributed by atoms with Gasteiger partial charge in [0.05, 0.1) is 6.20 Å². The first-order valence-corrected chi connectivity index (χ1v) is 6.65. The fourth-order valence-electron chi connectivity index (χ4n) is 1.73. The lowest BCUT2D eigenvalue weighted by atomic mass is 10.3. The van der Waals surface area contributed by atoms with Gasteiger partial charge in [-0.3, -0.25) is 14.4 Å². The largest absolute Gasteiger partial charge is 0.480 e. The molecule has 9 nitrogen and oxygen atoms in total. The van der Waals surface area contributed by atoms with Crippen LogP contribution in [0.5, 0.6) is 0 Å². The molecule has 116 valence electrons. The van der Waals surface area contributed by atoms with Crippen molar-refractivity contribution < 1.29 is 19.5 Å². The molecule has 0 spiro atoms. The van der Waals surface area contributed by atoms with Gasteiger partial charge in [-0.25, -0.2) is 4.68 Å². The summed E-state index contributed by atoms with van der Waals surface area (Å²) in [6, 6.07) is 0. The van der Waals surface area contributed by atoms with Gasteiger partial charge in [-0.15, -0.1) is 5.10 Å². The summed E-state index contributed by atoms with van der Waals surface area (Å²) in [6.45, 7) is 4.88. The van der Waals surface area contributed by atoms with Crippen LogP contribution in [0.3, 0.4) is 0 Å². The lowest BCUT2D eigenvalue weighted by Gasteiger charge is -2.18. The smallest absolute Gasteiger partial charge is 0.325 e. The van der Waals surface area contributed by atoms with E-state index in [-0.39, 0.29) is 31.1 Å². The first-order valence-electron chi connectivity index (χ1n) is 6.65. The minimum Gasteiger partial charge on any atom is -0.480 e. The Labute approximate surface area is 121 Å². The maximum atomic E-state index is 11.7. The molecule has 1 heterocycles. The summed E-state index contributed by atoms with van der Waals surface area (Å²) in [7, 11) is 0. The molecule has 9 heteroatoms. The molecule has 0 fully saturated rings. The second kappa shape index (κ2) is 7.98. The van der Waals surface area contributed by atoms with Gasteiger partial charge in [0, 0.05) is 26.1 Å². The van der Waals surface area contributed by atoms with E-state index in [4.69, 9.17) is 5.11 Å². The Hall–Kier alpha value is -2.45. The van der Waals surface area contributed by atoms with E-state index in [9.17, 15) is 14.4 Å². The third kappa shape index (κ3) is 5.21. The first kappa shape index (κ1) is 16.6. The van der Waals surface area contributed by atoms with Crippen LogP contribution in [0, 0.1) is 0 Å². The van der Waals surface area contributed by atoms with Gasteiger partial charge in [0.1, 0.15) is 6.54 Å². The van der Waals surface area contributed by atoms with Crippen LogP contribution in [0.4, 0.5) is 0 Å². The van der Waals surface area contributed by atoms with Crippen molar-refractivity contribution in [1.29, 1.82) is 0 Å². The standard InChI is InChI=1S/C12H19N5O4/c1-3-16(4-2)10(18)5-6-13-12(21)9-7-17(15-14-9)8-11(19)20/h7H,3-6,8H2,1-2H3,(H,13,21)(H,19,20). The van der Waals surface area contributed by atoms with Crippen molar-refractivity contribution in [2.45, 2.75) is 26.8 Å². The fraction of sp³-hybridized carbons (Fsp3) is 0.583. The molecule has 2 N–H and O–H groups in total. The summed E-state index contributed by atoms with van der Waals surface area (Å²) in [4.78, 5) is 35.6. The average Bonchev–Trinajstić information content (AvgIpc) is 2.87. The Morgan fingerprint density at radius 2 is 2.00 bits per heavy atom. The third-order valence-corrected chi connectivity index (χ3v) is 2.81. The molecule has 0 saturated heterocycles. The molecule has 1 rings (SSSR count). The molecule has 0 unspecified atom stereocenters. The van der Waals surface area contributed by atoms with E-state index in [0.717, 1.165) is 4.68 Å². The molecule has 2 amide bonds. The molecule has 0 atom stereocenters. The molecule has 1 aromatic rings. The zero-order valence-corrected chi connectivity index (χ0v) is 12.1. The lowest BCUT2D eigenvalue weighted by Crippen LogP contribution is -2.34. The molecule has 21 heavy (non-hydrogen) atoms. The number of carbonyl (C=O) groups is 3. The quantitative estimate of drug-likeness (QED) is 0.658. The molecular formula is C12H19N5O4. The molecule has 0 saturated carbocycles. The molecule has 0 aliphatic heterocycles. The van der Waals surface area contributed by atoms with Crippen LogP contribution in [0.1, 0.15) is 30.8 Å². The first-order chi connectivity index (χ1) is 9.97. The summed E-state index contributed by atoms with van der Waals surface area (Å²) in [6.07, 6.45) is 1.45. The summed E-state index contributed by atoms with van der Waals surface area (Å²) >= 11 is 0. The number of carboxylic acids is 1. The van der Waals surface area contributed by atoms with Crippen LogP contribution in [-0.2, 0) is 16.1 Å². The Balaban J connectivity index is 2.42. The number of carboxylic acid groups (broad SMARTS) is 1. The number of amides is 2. The maximum absolute atomic E-state index is 11.7. The minimum atomic E-state index is -1.07. The van der Waals surface area contributed by atoms with Gasteiger partial charge in [-0.05, 0) is 13.8 Å². The predicted molar refractivity (Wildman–Crippen MR) is 72.5 cm³/mol. The normalized spacial score (nSPS) is 10.2. The number of rotatable bonds is 8. The van der Waals surface area contributed by atoms with E-state index >= 15 is 0 Å². The number of nitrogens with zero attached hydrogens (tertiary/aromatic N) is 4. The highest BCUT2D eigenvalue weighted by molar-refractivity contribution is 5.92. The van der Waals surface area contributed by atoms with Gasteiger partial charge >= 0.3 is 5.97 Å². The van der Waals surface area contributed by atoms with Gasteiger partial charge in [-0.1, -0.05) is 5.21 Å². The number of aromatic nitrogens is 3. The highest BCUT2D eigenvalue weighted by Crippen LogP contribution is 1.95. The van der Waals surface area contributed by atoms with Crippen molar-refractivity contribution in [2.75, 3.05) is 19.6 Å². The Bertz CT molecular complexity index is 510. The van der Waals surface area contributed by atoms with E-state index in [1.54, 1.807) is 4.90 Å². The number of carbonyl (C=O) groups excluding carboxylic acids is 2. The topological polar surface area (TPSA) is 117 Å². The van der Waals surface area contributed by atoms with Crippen LogP contribution in [-0.4, -0.2) is 62.4 Å². The van der Waals surface area contributed by atoms with Gasteiger partial charge in [0.25, 0.3) is 5.91 Å². The van der Waals surface area contributed by atoms with Crippen molar-refractivity contribution in [3.8, 4) is 0 Å². The molecule has 0 aliphatic rings. The van der Waals surface area contributed by atoms with Crippen LogP contribution in [0.2, 0.25) is 0 Å². The average molecular weight is 297 g/mol. The van der Waals surface area contributed by atoms with Crippen LogP contribution in [0.25, 0.3) is 0 Å².